The summed E-state index contributed by atoms with van der Waals surface area (Å²) in [5, 5.41) is 0. The average molecular weight is 1070 g/mol. The molecule has 0 radical (unpaired) electrons. The fraction of sp³-hybridized carbons (Fsp3) is 0.750. The molecule has 0 spiro atoms. The molecule has 3 aromatic carbocycles. The Hall–Kier alpha value is -2.59. The Bertz CT molecular complexity index is 1430. The monoisotopic (exact) mass is 1070 g/mol. The van der Waals surface area contributed by atoms with Gasteiger partial charge in [-0.3, -0.25) is 0 Å². The van der Waals surface area contributed by atoms with E-state index in [1.807, 2.05) is 0 Å². The number of ether oxygens (including phenoxy) is 3. The van der Waals surface area contributed by atoms with Crippen LogP contribution >= 0.6 is 0 Å². The van der Waals surface area contributed by atoms with Crippen molar-refractivity contribution < 1.29 is 14.2 Å². The minimum Gasteiger partial charge on any atom is -0.494 e. The number of rotatable bonds is 57. The molecular weight excluding hydrogens is 945 g/mol. The van der Waals surface area contributed by atoms with Crippen LogP contribution in [0.5, 0.6) is 17.2 Å². The van der Waals surface area contributed by atoms with Crippen LogP contribution in [0.4, 0.5) is 0 Å². The Balaban J connectivity index is 1.37. The van der Waals surface area contributed by atoms with E-state index in [1.165, 1.54) is 304 Å². The van der Waals surface area contributed by atoms with Crippen molar-refractivity contribution in [1.29, 1.82) is 0 Å². The molecule has 76 heavy (non-hydrogen) atoms. The van der Waals surface area contributed by atoms with E-state index in [4.69, 9.17) is 14.2 Å². The standard InChI is InChI=1S/C72H123O3S/c1-4-7-10-13-16-19-22-25-28-31-34-37-40-43-46-49-64-73-67-52-58-70(59-53-67)76(71-60-54-68(55-61-71)74-65-50-47-44-41-38-35-32-29-26-23-20-17-14-11-8-5-2)72-62-56-69(57-63-72)75-66-51-48-45-42-39-36-33-30-27-24-21-18-15-12-9-6-3/h52-63H,4-51,64-66H2,1-3H3/q+1. The summed E-state index contributed by atoms with van der Waals surface area (Å²) in [6, 6.07) is 26.8. The van der Waals surface area contributed by atoms with Gasteiger partial charge in [-0.25, -0.2) is 0 Å². The second kappa shape index (κ2) is 51.8. The lowest BCUT2D eigenvalue weighted by atomic mass is 10.0. The molecular formula is C72H123O3S+. The largest absolute Gasteiger partial charge is 0.494 e. The molecule has 0 aliphatic carbocycles. The first-order chi connectivity index (χ1) is 37.7. The van der Waals surface area contributed by atoms with Gasteiger partial charge in [0.2, 0.25) is 0 Å². The van der Waals surface area contributed by atoms with Crippen molar-refractivity contribution in [3.8, 4) is 17.2 Å². The van der Waals surface area contributed by atoms with Crippen molar-refractivity contribution in [3.63, 3.8) is 0 Å². The maximum absolute atomic E-state index is 6.29. The summed E-state index contributed by atoms with van der Waals surface area (Å²) in [6.07, 6.45) is 66.6. The average Bonchev–Trinajstić information content (AvgIpc) is 3.45. The maximum atomic E-state index is 6.29. The predicted molar refractivity (Wildman–Crippen MR) is 337 cm³/mol. The van der Waals surface area contributed by atoms with Gasteiger partial charge in [-0.15, -0.1) is 0 Å². The zero-order valence-electron chi connectivity index (χ0n) is 50.6. The lowest BCUT2D eigenvalue weighted by molar-refractivity contribution is 0.304. The molecule has 0 unspecified atom stereocenters. The van der Waals surface area contributed by atoms with Crippen molar-refractivity contribution in [1.82, 2.24) is 0 Å². The van der Waals surface area contributed by atoms with Gasteiger partial charge in [0.25, 0.3) is 0 Å². The normalized spacial score (nSPS) is 11.5. The SMILES string of the molecule is CCCCCCCCCCCCCCCCCCOc1ccc([S+](c2ccc(OCCCCCCCCCCCCCCCCCC)cc2)c2ccc(OCCCCCCCCCCCCCCCCCC)cc2)cc1. The van der Waals surface area contributed by atoms with Crippen molar-refractivity contribution in [2.45, 2.75) is 344 Å². The molecule has 0 fully saturated rings. The summed E-state index contributed by atoms with van der Waals surface area (Å²) in [7, 11) is -0.261. The lowest BCUT2D eigenvalue weighted by Crippen LogP contribution is -2.06. The molecule has 0 atom stereocenters. The highest BCUT2D eigenvalue weighted by Crippen LogP contribution is 2.34. The molecule has 0 N–H and O–H groups in total. The molecule has 4 heteroatoms. The van der Waals surface area contributed by atoms with Gasteiger partial charge in [0.05, 0.1) is 30.7 Å². The first-order valence-corrected chi connectivity index (χ1v) is 34.9. The van der Waals surface area contributed by atoms with Gasteiger partial charge in [-0.2, -0.15) is 0 Å². The summed E-state index contributed by atoms with van der Waals surface area (Å²) in [6.45, 7) is 9.31. The Labute approximate surface area is 476 Å². The van der Waals surface area contributed by atoms with E-state index in [0.717, 1.165) is 56.3 Å². The second-order valence-electron chi connectivity index (χ2n) is 23.2. The molecule has 0 heterocycles. The predicted octanol–water partition coefficient (Wildman–Crippen LogP) is 24.7. The summed E-state index contributed by atoms with van der Waals surface area (Å²) in [5.74, 6) is 2.93. The van der Waals surface area contributed by atoms with Crippen LogP contribution in [0.2, 0.25) is 0 Å². The molecule has 0 bridgehead atoms. The maximum Gasteiger partial charge on any atom is 0.166 e. The van der Waals surface area contributed by atoms with Crippen molar-refractivity contribution in [2.24, 2.45) is 0 Å². The highest BCUT2D eigenvalue weighted by Gasteiger charge is 2.29. The van der Waals surface area contributed by atoms with Crippen molar-refractivity contribution in [3.05, 3.63) is 72.8 Å². The summed E-state index contributed by atoms with van der Waals surface area (Å²) >= 11 is 0. The molecule has 0 saturated heterocycles. The van der Waals surface area contributed by atoms with Crippen LogP contribution in [0.1, 0.15) is 329 Å². The lowest BCUT2D eigenvalue weighted by Gasteiger charge is -2.12. The van der Waals surface area contributed by atoms with E-state index < -0.39 is 0 Å². The minimum absolute atomic E-state index is 0.261. The first-order valence-electron chi connectivity index (χ1n) is 33.7. The van der Waals surface area contributed by atoms with E-state index in [-0.39, 0.29) is 10.9 Å². The van der Waals surface area contributed by atoms with Crippen LogP contribution < -0.4 is 14.2 Å². The van der Waals surface area contributed by atoms with Gasteiger partial charge in [0.15, 0.2) is 14.7 Å². The van der Waals surface area contributed by atoms with Crippen LogP contribution in [0.3, 0.4) is 0 Å². The Morgan fingerprint density at radius 2 is 0.342 bits per heavy atom. The number of unbranched alkanes of at least 4 members (excludes halogenated alkanes) is 45. The van der Waals surface area contributed by atoms with Crippen LogP contribution in [0, 0.1) is 0 Å². The van der Waals surface area contributed by atoms with E-state index in [9.17, 15) is 0 Å². The zero-order valence-corrected chi connectivity index (χ0v) is 51.4. The van der Waals surface area contributed by atoms with Gasteiger partial charge < -0.3 is 14.2 Å². The van der Waals surface area contributed by atoms with Crippen LogP contribution in [0.15, 0.2) is 87.5 Å². The minimum atomic E-state index is -0.261. The van der Waals surface area contributed by atoms with E-state index in [1.54, 1.807) is 0 Å². The highest BCUT2D eigenvalue weighted by molar-refractivity contribution is 7.97. The summed E-state index contributed by atoms with van der Waals surface area (Å²) in [4.78, 5) is 3.91. The Kier molecular flexibility index (Phi) is 46.2. The topological polar surface area (TPSA) is 27.7 Å². The third-order valence-corrected chi connectivity index (χ3v) is 18.2. The molecule has 3 aromatic rings. The van der Waals surface area contributed by atoms with Gasteiger partial charge in [-0.05, 0) is 92.1 Å². The highest BCUT2D eigenvalue weighted by atomic mass is 32.2. The third kappa shape index (κ3) is 38.1. The number of hydrogen-bond acceptors (Lipinski definition) is 3. The molecule has 3 rings (SSSR count). The first kappa shape index (κ1) is 67.7. The van der Waals surface area contributed by atoms with Crippen LogP contribution in [-0.4, -0.2) is 19.8 Å². The molecule has 0 aliphatic heterocycles. The van der Waals surface area contributed by atoms with Crippen LogP contribution in [-0.2, 0) is 10.9 Å². The van der Waals surface area contributed by atoms with E-state index >= 15 is 0 Å². The van der Waals surface area contributed by atoms with Crippen LogP contribution in [0.25, 0.3) is 0 Å². The van der Waals surface area contributed by atoms with Gasteiger partial charge in [0, 0.05) is 0 Å². The molecule has 0 aliphatic rings. The smallest absolute Gasteiger partial charge is 0.166 e. The third-order valence-electron chi connectivity index (χ3n) is 16.0. The quantitative estimate of drug-likeness (QED) is 0.0416. The molecule has 434 valence electrons. The second-order valence-corrected chi connectivity index (χ2v) is 25.2. The van der Waals surface area contributed by atoms with E-state index in [2.05, 4.69) is 93.6 Å². The summed E-state index contributed by atoms with van der Waals surface area (Å²) in [5.41, 5.74) is 0. The van der Waals surface area contributed by atoms with E-state index in [0.29, 0.717) is 0 Å². The fourth-order valence-electron chi connectivity index (χ4n) is 10.9. The Morgan fingerprint density at radius 1 is 0.197 bits per heavy atom. The Morgan fingerprint density at radius 3 is 0.500 bits per heavy atom. The molecule has 0 amide bonds. The number of benzene rings is 3. The zero-order chi connectivity index (χ0) is 53.7. The van der Waals surface area contributed by atoms with Crippen molar-refractivity contribution in [2.75, 3.05) is 19.8 Å². The number of hydrogen-bond donors (Lipinski definition) is 0. The van der Waals surface area contributed by atoms with Gasteiger partial charge >= 0.3 is 0 Å². The van der Waals surface area contributed by atoms with Gasteiger partial charge in [-0.1, -0.05) is 310 Å². The molecule has 3 nitrogen and oxygen atoms in total. The molecule has 0 aromatic heterocycles. The van der Waals surface area contributed by atoms with Gasteiger partial charge in [0.1, 0.15) is 17.2 Å². The van der Waals surface area contributed by atoms with Crippen molar-refractivity contribution >= 4 is 10.9 Å². The fourth-order valence-corrected chi connectivity index (χ4v) is 13.0. The molecule has 0 saturated carbocycles. The summed E-state index contributed by atoms with van der Waals surface area (Å²) < 4.78 is 18.9.